The molecular formula is C32H27Cl2N3O5S2. The maximum Gasteiger partial charge on any atom is 0.341 e. The zero-order valence-electron chi connectivity index (χ0n) is 23.7. The summed E-state index contributed by atoms with van der Waals surface area (Å²) >= 11 is 14.8. The van der Waals surface area contributed by atoms with Crippen LogP contribution in [0.25, 0.3) is 0 Å². The highest BCUT2D eigenvalue weighted by molar-refractivity contribution is 8.00. The summed E-state index contributed by atoms with van der Waals surface area (Å²) in [5, 5.41) is 6.18. The van der Waals surface area contributed by atoms with Gasteiger partial charge in [0, 0.05) is 34.0 Å². The number of carbonyl (C=O) groups is 4. The van der Waals surface area contributed by atoms with Crippen LogP contribution in [0.5, 0.6) is 0 Å². The molecule has 0 fully saturated rings. The van der Waals surface area contributed by atoms with Crippen LogP contribution < -0.4 is 10.6 Å². The molecule has 1 aromatic heterocycles. The lowest BCUT2D eigenvalue weighted by molar-refractivity contribution is -0.129. The fourth-order valence-electron chi connectivity index (χ4n) is 4.81. The van der Waals surface area contributed by atoms with Gasteiger partial charge in [-0.15, -0.1) is 23.1 Å². The Labute approximate surface area is 272 Å². The molecule has 12 heteroatoms. The standard InChI is InChI=1S/C32H27Cl2N3O5S2/c1-18(38)37-14-13-24-26(17-37)44-31(27(24)32(41)42-2)36-30(40)28(19-7-4-3-5-8-19)43-22-10-6-9-21(16-22)35-29(39)23-12-11-20(33)15-25(23)34/h3-12,15-16,28H,13-14,17H2,1-2H3,(H,35,39)(H,36,40). The summed E-state index contributed by atoms with van der Waals surface area (Å²) in [5.74, 6) is -1.33. The van der Waals surface area contributed by atoms with Crippen molar-refractivity contribution < 1.29 is 23.9 Å². The number of fused-ring (bicyclic) bond motifs is 1. The first-order chi connectivity index (χ1) is 21.1. The van der Waals surface area contributed by atoms with Gasteiger partial charge in [0.05, 0.1) is 29.8 Å². The maximum atomic E-state index is 13.9. The number of nitrogens with one attached hydrogen (secondary N) is 2. The van der Waals surface area contributed by atoms with E-state index < -0.39 is 17.1 Å². The van der Waals surface area contributed by atoms with E-state index in [4.69, 9.17) is 27.9 Å². The number of esters is 1. The zero-order valence-corrected chi connectivity index (χ0v) is 26.8. The molecule has 2 N–H and O–H groups in total. The lowest BCUT2D eigenvalue weighted by atomic mass is 10.0. The van der Waals surface area contributed by atoms with Crippen molar-refractivity contribution in [1.82, 2.24) is 4.90 Å². The van der Waals surface area contributed by atoms with E-state index in [1.54, 1.807) is 35.2 Å². The van der Waals surface area contributed by atoms with Crippen molar-refractivity contribution in [3.05, 3.63) is 110 Å². The minimum absolute atomic E-state index is 0.0514. The van der Waals surface area contributed by atoms with Gasteiger partial charge in [-0.05, 0) is 53.9 Å². The second-order valence-electron chi connectivity index (χ2n) is 9.89. The molecule has 3 amide bonds. The van der Waals surface area contributed by atoms with Crippen molar-refractivity contribution in [2.45, 2.75) is 30.0 Å². The van der Waals surface area contributed by atoms with Gasteiger partial charge in [-0.1, -0.05) is 59.6 Å². The first-order valence-corrected chi connectivity index (χ1v) is 16.0. The number of methoxy groups -OCH3 is 1. The number of rotatable bonds is 8. The summed E-state index contributed by atoms with van der Waals surface area (Å²) < 4.78 is 5.07. The normalized spacial score (nSPS) is 13.0. The number of amides is 3. The van der Waals surface area contributed by atoms with E-state index in [2.05, 4.69) is 10.6 Å². The molecule has 1 aliphatic heterocycles. The van der Waals surface area contributed by atoms with Crippen LogP contribution in [0.3, 0.4) is 0 Å². The van der Waals surface area contributed by atoms with E-state index in [1.165, 1.54) is 43.2 Å². The molecule has 5 rings (SSSR count). The van der Waals surface area contributed by atoms with E-state index in [9.17, 15) is 19.2 Å². The van der Waals surface area contributed by atoms with Gasteiger partial charge in [0.2, 0.25) is 11.8 Å². The molecule has 8 nitrogen and oxygen atoms in total. The second kappa shape index (κ2) is 13.9. The summed E-state index contributed by atoms with van der Waals surface area (Å²) in [7, 11) is 1.30. The number of benzene rings is 3. The van der Waals surface area contributed by atoms with Crippen molar-refractivity contribution in [1.29, 1.82) is 0 Å². The van der Waals surface area contributed by atoms with Crippen LogP contribution in [0.15, 0.2) is 77.7 Å². The van der Waals surface area contributed by atoms with Crippen LogP contribution >= 0.6 is 46.3 Å². The minimum atomic E-state index is -0.703. The monoisotopic (exact) mass is 667 g/mol. The van der Waals surface area contributed by atoms with Crippen molar-refractivity contribution in [3.63, 3.8) is 0 Å². The predicted molar refractivity (Wildman–Crippen MR) is 175 cm³/mol. The van der Waals surface area contributed by atoms with E-state index >= 15 is 0 Å². The van der Waals surface area contributed by atoms with E-state index in [0.717, 1.165) is 20.9 Å². The number of carbonyl (C=O) groups excluding carboxylic acids is 4. The number of thiophene rings is 1. The second-order valence-corrected chi connectivity index (χ2v) is 13.0. The zero-order chi connectivity index (χ0) is 31.4. The summed E-state index contributed by atoms with van der Waals surface area (Å²) in [6.45, 7) is 2.36. The quantitative estimate of drug-likeness (QED) is 0.149. The van der Waals surface area contributed by atoms with Crippen LogP contribution in [-0.4, -0.2) is 42.2 Å². The molecule has 0 radical (unpaired) electrons. The van der Waals surface area contributed by atoms with Gasteiger partial charge in [-0.3, -0.25) is 14.4 Å². The summed E-state index contributed by atoms with van der Waals surface area (Å²) in [4.78, 5) is 55.0. The molecule has 4 aromatic rings. The first-order valence-electron chi connectivity index (χ1n) is 13.5. The largest absolute Gasteiger partial charge is 0.465 e. The van der Waals surface area contributed by atoms with Gasteiger partial charge in [0.1, 0.15) is 10.3 Å². The number of anilines is 2. The Bertz CT molecular complexity index is 1750. The molecule has 0 aliphatic carbocycles. The SMILES string of the molecule is COC(=O)c1c(NC(=O)C(Sc2cccc(NC(=O)c3ccc(Cl)cc3Cl)c2)c2ccccc2)sc2c1CCN(C(C)=O)C2. The molecule has 1 unspecified atom stereocenters. The summed E-state index contributed by atoms with van der Waals surface area (Å²) in [6.07, 6.45) is 0.488. The molecule has 0 bridgehead atoms. The average Bonchev–Trinajstić information content (AvgIpc) is 3.36. The lowest BCUT2D eigenvalue weighted by Gasteiger charge is -2.25. The smallest absolute Gasteiger partial charge is 0.341 e. The third kappa shape index (κ3) is 7.10. The molecule has 0 saturated heterocycles. The topological polar surface area (TPSA) is 105 Å². The molecule has 44 heavy (non-hydrogen) atoms. The third-order valence-electron chi connectivity index (χ3n) is 6.99. The Hall–Kier alpha value is -3.83. The highest BCUT2D eigenvalue weighted by atomic mass is 35.5. The van der Waals surface area contributed by atoms with Crippen LogP contribution in [-0.2, 0) is 27.3 Å². The van der Waals surface area contributed by atoms with Gasteiger partial charge in [0.15, 0.2) is 0 Å². The maximum absolute atomic E-state index is 13.9. The Kier molecular flexibility index (Phi) is 9.95. The Morgan fingerprint density at radius 3 is 2.45 bits per heavy atom. The number of ether oxygens (including phenoxy) is 1. The molecule has 226 valence electrons. The van der Waals surface area contributed by atoms with Gasteiger partial charge in [0.25, 0.3) is 5.91 Å². The van der Waals surface area contributed by atoms with Gasteiger partial charge < -0.3 is 20.3 Å². The summed E-state index contributed by atoms with van der Waals surface area (Å²) in [5.41, 5.74) is 2.67. The summed E-state index contributed by atoms with van der Waals surface area (Å²) in [6, 6.07) is 21.1. The predicted octanol–water partition coefficient (Wildman–Crippen LogP) is 7.47. The van der Waals surface area contributed by atoms with E-state index in [1.807, 2.05) is 36.4 Å². The molecule has 0 saturated carbocycles. The van der Waals surface area contributed by atoms with Crippen LogP contribution in [0.1, 0.15) is 48.9 Å². The van der Waals surface area contributed by atoms with Gasteiger partial charge >= 0.3 is 5.97 Å². The van der Waals surface area contributed by atoms with E-state index in [0.29, 0.717) is 40.8 Å². The lowest BCUT2D eigenvalue weighted by Crippen LogP contribution is -2.33. The van der Waals surface area contributed by atoms with Crippen molar-refractivity contribution >= 4 is 80.7 Å². The van der Waals surface area contributed by atoms with Crippen molar-refractivity contribution in [2.24, 2.45) is 0 Å². The average molecular weight is 669 g/mol. The fraction of sp³-hybridized carbons (Fsp3) is 0.188. The number of halogens is 2. The highest BCUT2D eigenvalue weighted by Gasteiger charge is 2.32. The van der Waals surface area contributed by atoms with Crippen LogP contribution in [0.4, 0.5) is 10.7 Å². The molecule has 3 aromatic carbocycles. The van der Waals surface area contributed by atoms with E-state index in [-0.39, 0.29) is 22.4 Å². The highest BCUT2D eigenvalue weighted by Crippen LogP contribution is 2.41. The fourth-order valence-corrected chi connectivity index (χ4v) is 7.64. The molecule has 1 aliphatic rings. The first kappa shape index (κ1) is 31.6. The van der Waals surface area contributed by atoms with Crippen molar-refractivity contribution in [2.75, 3.05) is 24.3 Å². The molecule has 2 heterocycles. The number of hydrogen-bond donors (Lipinski definition) is 2. The Balaban J connectivity index is 1.41. The van der Waals surface area contributed by atoms with Gasteiger partial charge in [-0.2, -0.15) is 0 Å². The number of thioether (sulfide) groups is 1. The van der Waals surface area contributed by atoms with Crippen molar-refractivity contribution in [3.8, 4) is 0 Å². The van der Waals surface area contributed by atoms with Gasteiger partial charge in [-0.25, -0.2) is 4.79 Å². The number of hydrogen-bond acceptors (Lipinski definition) is 7. The number of nitrogens with zero attached hydrogens (tertiary/aromatic N) is 1. The van der Waals surface area contributed by atoms with Crippen LogP contribution in [0, 0.1) is 0 Å². The van der Waals surface area contributed by atoms with Crippen LogP contribution in [0.2, 0.25) is 10.0 Å². The molecular weight excluding hydrogens is 641 g/mol. The third-order valence-corrected chi connectivity index (χ3v) is 9.92. The Morgan fingerprint density at radius 1 is 0.977 bits per heavy atom. The molecule has 0 spiro atoms. The molecule has 1 atom stereocenters. The Morgan fingerprint density at radius 2 is 1.75 bits per heavy atom. The minimum Gasteiger partial charge on any atom is -0.465 e.